The molecule has 0 amide bonds. The van der Waals surface area contributed by atoms with Gasteiger partial charge >= 0.3 is 11.9 Å². The highest BCUT2D eigenvalue weighted by Crippen LogP contribution is 2.12. The Hall–Kier alpha value is -2.30. The van der Waals surface area contributed by atoms with Crippen LogP contribution in [0.1, 0.15) is 24.2 Å². The van der Waals surface area contributed by atoms with Gasteiger partial charge < -0.3 is 14.2 Å². The van der Waals surface area contributed by atoms with E-state index in [1.165, 1.54) is 14.0 Å². The molecule has 0 aromatic heterocycles. The fraction of sp³-hybridized carbons (Fsp3) is 0.286. The van der Waals surface area contributed by atoms with E-state index in [1.54, 1.807) is 37.3 Å². The monoisotopic (exact) mass is 264 g/mol. The number of hydrogen-bond acceptors (Lipinski definition) is 5. The Bertz CT molecular complexity index is 476. The van der Waals surface area contributed by atoms with Crippen LogP contribution < -0.4 is 0 Å². The molecule has 0 spiro atoms. The standard InChI is InChI=1S/C14H16O5/c1-4-18-12(15)10(2)14(17-3)19-13(16)11-8-6-5-7-9-11/h5-9H,4H2,1-3H3. The molecule has 0 N–H and O–H groups in total. The van der Waals surface area contributed by atoms with Crippen LogP contribution in [0, 0.1) is 0 Å². The van der Waals surface area contributed by atoms with Crippen molar-refractivity contribution in [1.29, 1.82) is 0 Å². The van der Waals surface area contributed by atoms with E-state index in [-0.39, 0.29) is 18.1 Å². The zero-order chi connectivity index (χ0) is 14.3. The molecule has 1 rings (SSSR count). The van der Waals surface area contributed by atoms with E-state index in [4.69, 9.17) is 14.2 Å². The molecule has 0 saturated heterocycles. The summed E-state index contributed by atoms with van der Waals surface area (Å²) in [5.74, 6) is -1.34. The van der Waals surface area contributed by atoms with Crippen LogP contribution in [0.4, 0.5) is 0 Å². The molecular weight excluding hydrogens is 248 g/mol. The van der Waals surface area contributed by atoms with Crippen molar-refractivity contribution >= 4 is 11.9 Å². The van der Waals surface area contributed by atoms with Crippen LogP contribution in [0.2, 0.25) is 0 Å². The first-order valence-corrected chi connectivity index (χ1v) is 5.79. The first kappa shape index (κ1) is 14.8. The molecule has 0 saturated carbocycles. The summed E-state index contributed by atoms with van der Waals surface area (Å²) in [4.78, 5) is 23.3. The molecule has 0 fully saturated rings. The Balaban J connectivity index is 2.85. The van der Waals surface area contributed by atoms with Gasteiger partial charge in [-0.3, -0.25) is 0 Å². The van der Waals surface area contributed by atoms with Crippen molar-refractivity contribution in [2.45, 2.75) is 13.8 Å². The number of methoxy groups -OCH3 is 1. The van der Waals surface area contributed by atoms with Gasteiger partial charge in [-0.1, -0.05) is 18.2 Å². The minimum Gasteiger partial charge on any atom is -0.468 e. The van der Waals surface area contributed by atoms with Gasteiger partial charge in [-0.25, -0.2) is 9.59 Å². The van der Waals surface area contributed by atoms with Crippen LogP contribution in [-0.4, -0.2) is 25.7 Å². The SMILES string of the molecule is CCOC(=O)C(C)=C(OC)OC(=O)c1ccccc1. The fourth-order valence-corrected chi connectivity index (χ4v) is 1.31. The molecule has 0 radical (unpaired) electrons. The molecule has 0 aliphatic carbocycles. The van der Waals surface area contributed by atoms with Crippen LogP contribution >= 0.6 is 0 Å². The second-order valence-corrected chi connectivity index (χ2v) is 3.59. The topological polar surface area (TPSA) is 61.8 Å². The van der Waals surface area contributed by atoms with Crippen LogP contribution in [0.25, 0.3) is 0 Å². The van der Waals surface area contributed by atoms with E-state index >= 15 is 0 Å². The van der Waals surface area contributed by atoms with Gasteiger partial charge in [0.2, 0.25) is 0 Å². The third kappa shape index (κ3) is 4.13. The summed E-state index contributed by atoms with van der Waals surface area (Å²) in [6.45, 7) is 3.39. The number of rotatable bonds is 5. The Morgan fingerprint density at radius 2 is 1.79 bits per heavy atom. The molecule has 0 aliphatic rings. The third-order valence-corrected chi connectivity index (χ3v) is 2.27. The number of carbonyl (C=O) groups excluding carboxylic acids is 2. The lowest BCUT2D eigenvalue weighted by atomic mass is 10.2. The normalized spacial score (nSPS) is 11.3. The highest BCUT2D eigenvalue weighted by molar-refractivity contribution is 5.92. The Morgan fingerprint density at radius 3 is 2.32 bits per heavy atom. The zero-order valence-corrected chi connectivity index (χ0v) is 11.1. The van der Waals surface area contributed by atoms with Crippen LogP contribution in [0.3, 0.4) is 0 Å². The molecule has 0 atom stereocenters. The van der Waals surface area contributed by atoms with Crippen molar-refractivity contribution in [3.63, 3.8) is 0 Å². The maximum absolute atomic E-state index is 11.8. The Morgan fingerprint density at radius 1 is 1.16 bits per heavy atom. The van der Waals surface area contributed by atoms with E-state index in [1.807, 2.05) is 0 Å². The van der Waals surface area contributed by atoms with Crippen molar-refractivity contribution < 1.29 is 23.8 Å². The van der Waals surface area contributed by atoms with E-state index in [0.29, 0.717) is 5.56 Å². The molecule has 1 aromatic rings. The minimum atomic E-state index is -0.596. The molecular formula is C14H16O5. The molecule has 1 aromatic carbocycles. The summed E-state index contributed by atoms with van der Waals surface area (Å²) in [7, 11) is 1.32. The van der Waals surface area contributed by atoms with Gasteiger partial charge in [-0.15, -0.1) is 0 Å². The average Bonchev–Trinajstić information content (AvgIpc) is 2.45. The molecule has 5 heteroatoms. The van der Waals surface area contributed by atoms with Crippen molar-refractivity contribution in [3.05, 3.63) is 47.4 Å². The fourth-order valence-electron chi connectivity index (χ4n) is 1.31. The Kier molecular flexibility index (Phi) is 5.60. The van der Waals surface area contributed by atoms with E-state index in [2.05, 4.69) is 0 Å². The predicted octanol–water partition coefficient (Wildman–Crippen LogP) is 2.28. The largest absolute Gasteiger partial charge is 0.468 e. The first-order chi connectivity index (χ1) is 9.10. The molecule has 19 heavy (non-hydrogen) atoms. The molecule has 102 valence electrons. The van der Waals surface area contributed by atoms with E-state index in [0.717, 1.165) is 0 Å². The number of carbonyl (C=O) groups is 2. The highest BCUT2D eigenvalue weighted by atomic mass is 16.7. The zero-order valence-electron chi connectivity index (χ0n) is 11.1. The molecule has 0 unspecified atom stereocenters. The van der Waals surface area contributed by atoms with Gasteiger partial charge in [0.25, 0.3) is 5.95 Å². The van der Waals surface area contributed by atoms with Crippen LogP contribution in [-0.2, 0) is 19.0 Å². The minimum absolute atomic E-state index is 0.105. The Labute approximate surface area is 111 Å². The lowest BCUT2D eigenvalue weighted by Gasteiger charge is -2.10. The predicted molar refractivity (Wildman–Crippen MR) is 68.2 cm³/mol. The van der Waals surface area contributed by atoms with Gasteiger partial charge in [0.15, 0.2) is 0 Å². The quantitative estimate of drug-likeness (QED) is 0.464. The molecule has 0 bridgehead atoms. The van der Waals surface area contributed by atoms with Crippen LogP contribution in [0.15, 0.2) is 41.9 Å². The third-order valence-electron chi connectivity index (χ3n) is 2.27. The highest BCUT2D eigenvalue weighted by Gasteiger charge is 2.18. The van der Waals surface area contributed by atoms with Gasteiger partial charge in [0.1, 0.15) is 5.57 Å². The summed E-state index contributed by atoms with van der Waals surface area (Å²) in [6, 6.07) is 8.42. The lowest BCUT2D eigenvalue weighted by Crippen LogP contribution is -2.13. The van der Waals surface area contributed by atoms with E-state index < -0.39 is 11.9 Å². The molecule has 0 heterocycles. The summed E-state index contributed by atoms with van der Waals surface area (Å²) >= 11 is 0. The number of esters is 2. The lowest BCUT2D eigenvalue weighted by molar-refractivity contribution is -0.139. The summed E-state index contributed by atoms with van der Waals surface area (Å²) in [6.07, 6.45) is 0. The summed E-state index contributed by atoms with van der Waals surface area (Å²) < 4.78 is 14.7. The molecule has 5 nitrogen and oxygen atoms in total. The van der Waals surface area contributed by atoms with Crippen molar-refractivity contribution in [2.24, 2.45) is 0 Å². The number of ether oxygens (including phenoxy) is 3. The van der Waals surface area contributed by atoms with Gasteiger partial charge in [-0.2, -0.15) is 0 Å². The second kappa shape index (κ2) is 7.20. The van der Waals surface area contributed by atoms with Crippen molar-refractivity contribution in [2.75, 3.05) is 13.7 Å². The van der Waals surface area contributed by atoms with Crippen LogP contribution in [0.5, 0.6) is 0 Å². The van der Waals surface area contributed by atoms with Gasteiger partial charge in [-0.05, 0) is 26.0 Å². The first-order valence-electron chi connectivity index (χ1n) is 5.79. The van der Waals surface area contributed by atoms with Gasteiger partial charge in [0, 0.05) is 0 Å². The summed E-state index contributed by atoms with van der Waals surface area (Å²) in [5.41, 5.74) is 0.474. The van der Waals surface area contributed by atoms with E-state index in [9.17, 15) is 9.59 Å². The van der Waals surface area contributed by atoms with Gasteiger partial charge in [0.05, 0.1) is 19.3 Å². The maximum Gasteiger partial charge on any atom is 0.345 e. The molecule has 0 aliphatic heterocycles. The maximum atomic E-state index is 11.8. The second-order valence-electron chi connectivity index (χ2n) is 3.59. The summed E-state index contributed by atoms with van der Waals surface area (Å²) in [5, 5.41) is 0. The van der Waals surface area contributed by atoms with Crippen molar-refractivity contribution in [3.8, 4) is 0 Å². The smallest absolute Gasteiger partial charge is 0.345 e. The average molecular weight is 264 g/mol. The number of benzene rings is 1. The van der Waals surface area contributed by atoms with Crippen molar-refractivity contribution in [1.82, 2.24) is 0 Å². The number of hydrogen-bond donors (Lipinski definition) is 0.